The summed E-state index contributed by atoms with van der Waals surface area (Å²) in [5.41, 5.74) is 0. The normalized spacial score (nSPS) is 30.7. The Morgan fingerprint density at radius 3 is 3.00 bits per heavy atom. The van der Waals surface area contributed by atoms with Crippen molar-refractivity contribution < 1.29 is 0 Å². The Bertz CT molecular complexity index is 158. The summed E-state index contributed by atoms with van der Waals surface area (Å²) in [4.78, 5) is 5.35. The van der Waals surface area contributed by atoms with E-state index in [0.29, 0.717) is 0 Å². The molecule has 2 heterocycles. The van der Waals surface area contributed by atoms with Crippen LogP contribution in [-0.2, 0) is 0 Å². The summed E-state index contributed by atoms with van der Waals surface area (Å²) >= 11 is 0. The van der Waals surface area contributed by atoms with Crippen molar-refractivity contribution in [2.75, 3.05) is 32.7 Å². The van der Waals surface area contributed by atoms with E-state index in [2.05, 4.69) is 16.7 Å². The molecule has 0 aromatic carbocycles. The Morgan fingerprint density at radius 2 is 2.15 bits per heavy atom. The fourth-order valence-corrected chi connectivity index (χ4v) is 2.64. The Kier molecular flexibility index (Phi) is 3.23. The lowest BCUT2D eigenvalue weighted by molar-refractivity contribution is 0.103. The van der Waals surface area contributed by atoms with E-state index in [-0.39, 0.29) is 0 Å². The summed E-state index contributed by atoms with van der Waals surface area (Å²) in [6.07, 6.45) is 5.60. The van der Waals surface area contributed by atoms with Crippen LogP contribution in [0.5, 0.6) is 0 Å². The van der Waals surface area contributed by atoms with Crippen LogP contribution in [0.3, 0.4) is 0 Å². The van der Waals surface area contributed by atoms with E-state index in [9.17, 15) is 0 Å². The summed E-state index contributed by atoms with van der Waals surface area (Å²) in [7, 11) is 0. The molecule has 0 saturated carbocycles. The third-order valence-electron chi connectivity index (χ3n) is 3.50. The zero-order chi connectivity index (χ0) is 9.10. The highest BCUT2D eigenvalue weighted by Gasteiger charge is 2.29. The van der Waals surface area contributed by atoms with Gasteiger partial charge in [-0.2, -0.15) is 0 Å². The smallest absolute Gasteiger partial charge is 0.0224 e. The molecule has 0 amide bonds. The molecule has 0 N–H and O–H groups in total. The number of piperazine rings is 1. The van der Waals surface area contributed by atoms with Crippen LogP contribution in [-0.4, -0.2) is 48.6 Å². The Hall–Kier alpha value is -0.0800. The number of fused-ring (bicyclic) bond motifs is 1. The minimum Gasteiger partial charge on any atom is -0.301 e. The topological polar surface area (TPSA) is 6.48 Å². The number of nitrogens with zero attached hydrogens (tertiary/aromatic N) is 2. The summed E-state index contributed by atoms with van der Waals surface area (Å²) in [6.45, 7) is 8.98. The number of hydrogen-bond acceptors (Lipinski definition) is 2. The van der Waals surface area contributed by atoms with E-state index in [0.717, 1.165) is 6.04 Å². The molecule has 2 aliphatic heterocycles. The van der Waals surface area contributed by atoms with Crippen molar-refractivity contribution in [1.29, 1.82) is 0 Å². The molecule has 0 aromatic heterocycles. The summed E-state index contributed by atoms with van der Waals surface area (Å²) in [5, 5.41) is 0. The lowest BCUT2D eigenvalue weighted by Gasteiger charge is -2.37. The average molecular weight is 182 g/mol. The van der Waals surface area contributed by atoms with E-state index in [1.165, 1.54) is 58.4 Å². The second-order valence-corrected chi connectivity index (χ2v) is 4.49. The molecule has 76 valence electrons. The predicted octanol–water partition coefficient (Wildman–Crippen LogP) is 1.57. The summed E-state index contributed by atoms with van der Waals surface area (Å²) < 4.78 is 0. The van der Waals surface area contributed by atoms with Crippen LogP contribution in [0.2, 0.25) is 0 Å². The molecule has 2 fully saturated rings. The first kappa shape index (κ1) is 9.47. The largest absolute Gasteiger partial charge is 0.301 e. The molecule has 2 rings (SSSR count). The van der Waals surface area contributed by atoms with Gasteiger partial charge in [-0.25, -0.2) is 0 Å². The Morgan fingerprint density at radius 1 is 1.23 bits per heavy atom. The molecule has 0 aliphatic carbocycles. The Labute approximate surface area is 81.9 Å². The van der Waals surface area contributed by atoms with Crippen molar-refractivity contribution >= 4 is 0 Å². The second-order valence-electron chi connectivity index (χ2n) is 4.49. The van der Waals surface area contributed by atoms with Crippen LogP contribution < -0.4 is 0 Å². The molecule has 2 saturated heterocycles. The number of hydrogen-bond donors (Lipinski definition) is 0. The molecule has 0 aromatic rings. The van der Waals surface area contributed by atoms with E-state index < -0.39 is 0 Å². The minimum absolute atomic E-state index is 0.908. The zero-order valence-corrected chi connectivity index (χ0v) is 8.84. The third-order valence-corrected chi connectivity index (χ3v) is 3.50. The molecule has 2 aliphatic rings. The molecular weight excluding hydrogens is 160 g/mol. The zero-order valence-electron chi connectivity index (χ0n) is 8.84. The van der Waals surface area contributed by atoms with Crippen molar-refractivity contribution in [3.05, 3.63) is 0 Å². The number of unbranched alkanes of at least 4 members (excludes halogenated alkanes) is 1. The van der Waals surface area contributed by atoms with Crippen LogP contribution in [0.1, 0.15) is 32.6 Å². The fourth-order valence-electron chi connectivity index (χ4n) is 2.64. The standard InChI is InChI=1S/C11H22N2/c1-2-3-6-12-8-9-13-7-4-5-11(13)10-12/h11H,2-10H2,1H3. The fraction of sp³-hybridized carbons (Fsp3) is 1.00. The average Bonchev–Trinajstić information content (AvgIpc) is 2.61. The molecule has 2 nitrogen and oxygen atoms in total. The first-order chi connectivity index (χ1) is 6.40. The summed E-state index contributed by atoms with van der Waals surface area (Å²) in [5.74, 6) is 0. The molecule has 0 spiro atoms. The van der Waals surface area contributed by atoms with Gasteiger partial charge in [0.25, 0.3) is 0 Å². The summed E-state index contributed by atoms with van der Waals surface area (Å²) in [6, 6.07) is 0.908. The van der Waals surface area contributed by atoms with Gasteiger partial charge in [0.15, 0.2) is 0 Å². The van der Waals surface area contributed by atoms with E-state index in [4.69, 9.17) is 0 Å². The van der Waals surface area contributed by atoms with E-state index in [1.54, 1.807) is 0 Å². The monoisotopic (exact) mass is 182 g/mol. The predicted molar refractivity (Wildman–Crippen MR) is 55.9 cm³/mol. The van der Waals surface area contributed by atoms with Crippen molar-refractivity contribution in [1.82, 2.24) is 9.80 Å². The molecule has 1 unspecified atom stereocenters. The second kappa shape index (κ2) is 4.43. The lowest BCUT2D eigenvalue weighted by Crippen LogP contribution is -2.50. The van der Waals surface area contributed by atoms with Crippen LogP contribution in [0, 0.1) is 0 Å². The van der Waals surface area contributed by atoms with Crippen molar-refractivity contribution in [2.45, 2.75) is 38.6 Å². The van der Waals surface area contributed by atoms with Gasteiger partial charge < -0.3 is 4.90 Å². The maximum absolute atomic E-state index is 2.68. The molecule has 0 bridgehead atoms. The third kappa shape index (κ3) is 2.23. The van der Waals surface area contributed by atoms with Gasteiger partial charge in [0, 0.05) is 25.7 Å². The maximum atomic E-state index is 2.68. The van der Waals surface area contributed by atoms with Gasteiger partial charge in [-0.3, -0.25) is 4.90 Å². The van der Waals surface area contributed by atoms with Gasteiger partial charge in [-0.15, -0.1) is 0 Å². The maximum Gasteiger partial charge on any atom is 0.0224 e. The minimum atomic E-state index is 0.908. The highest BCUT2D eigenvalue weighted by Crippen LogP contribution is 2.21. The van der Waals surface area contributed by atoms with Gasteiger partial charge in [-0.05, 0) is 32.4 Å². The van der Waals surface area contributed by atoms with Crippen LogP contribution >= 0.6 is 0 Å². The molecule has 2 heteroatoms. The molecule has 0 radical (unpaired) electrons. The molecular formula is C11H22N2. The quantitative estimate of drug-likeness (QED) is 0.653. The first-order valence-corrected chi connectivity index (χ1v) is 5.86. The van der Waals surface area contributed by atoms with E-state index >= 15 is 0 Å². The highest BCUT2D eigenvalue weighted by molar-refractivity contribution is 4.86. The molecule has 13 heavy (non-hydrogen) atoms. The van der Waals surface area contributed by atoms with E-state index in [1.807, 2.05) is 0 Å². The van der Waals surface area contributed by atoms with Crippen molar-refractivity contribution in [3.8, 4) is 0 Å². The number of rotatable bonds is 3. The van der Waals surface area contributed by atoms with Crippen LogP contribution in [0.25, 0.3) is 0 Å². The van der Waals surface area contributed by atoms with Gasteiger partial charge in [0.05, 0.1) is 0 Å². The van der Waals surface area contributed by atoms with Gasteiger partial charge >= 0.3 is 0 Å². The lowest BCUT2D eigenvalue weighted by atomic mass is 10.1. The van der Waals surface area contributed by atoms with Crippen molar-refractivity contribution in [2.24, 2.45) is 0 Å². The Balaban J connectivity index is 1.76. The SMILES string of the molecule is CCCCN1CCN2CCCC2C1. The molecule has 1 atom stereocenters. The van der Waals surface area contributed by atoms with Gasteiger partial charge in [-0.1, -0.05) is 13.3 Å². The van der Waals surface area contributed by atoms with Gasteiger partial charge in [0.1, 0.15) is 0 Å². The van der Waals surface area contributed by atoms with Crippen molar-refractivity contribution in [3.63, 3.8) is 0 Å². The first-order valence-electron chi connectivity index (χ1n) is 5.86. The van der Waals surface area contributed by atoms with Crippen LogP contribution in [0.4, 0.5) is 0 Å². The van der Waals surface area contributed by atoms with Crippen LogP contribution in [0.15, 0.2) is 0 Å². The highest BCUT2D eigenvalue weighted by atomic mass is 15.3. The van der Waals surface area contributed by atoms with Gasteiger partial charge in [0.2, 0.25) is 0 Å².